The lowest BCUT2D eigenvalue weighted by molar-refractivity contribution is 0.120. The SMILES string of the molecule is Oc1ccc(NCC2CCCO2)cc1. The third kappa shape index (κ3) is 2.39. The third-order valence-corrected chi connectivity index (χ3v) is 2.43. The van der Waals surface area contributed by atoms with Crippen LogP contribution in [0.2, 0.25) is 0 Å². The molecule has 1 unspecified atom stereocenters. The predicted molar refractivity (Wildman–Crippen MR) is 55.6 cm³/mol. The van der Waals surface area contributed by atoms with Crippen LogP contribution in [0.4, 0.5) is 5.69 Å². The minimum Gasteiger partial charge on any atom is -0.508 e. The molecule has 2 rings (SSSR count). The highest BCUT2D eigenvalue weighted by Gasteiger charge is 2.14. The number of phenols is 1. The van der Waals surface area contributed by atoms with Gasteiger partial charge in [-0.1, -0.05) is 0 Å². The van der Waals surface area contributed by atoms with E-state index in [0.29, 0.717) is 11.9 Å². The molecule has 0 radical (unpaired) electrons. The summed E-state index contributed by atoms with van der Waals surface area (Å²) in [5, 5.41) is 12.4. The largest absolute Gasteiger partial charge is 0.508 e. The van der Waals surface area contributed by atoms with Crippen LogP contribution in [0.1, 0.15) is 12.8 Å². The van der Waals surface area contributed by atoms with Gasteiger partial charge >= 0.3 is 0 Å². The maximum absolute atomic E-state index is 9.08. The summed E-state index contributed by atoms with van der Waals surface area (Å²) in [5.74, 6) is 0.299. The Morgan fingerprint density at radius 1 is 1.36 bits per heavy atom. The van der Waals surface area contributed by atoms with Gasteiger partial charge in [0.05, 0.1) is 6.10 Å². The van der Waals surface area contributed by atoms with Crippen LogP contribution < -0.4 is 5.32 Å². The van der Waals surface area contributed by atoms with E-state index in [9.17, 15) is 0 Å². The number of hydrogen-bond acceptors (Lipinski definition) is 3. The van der Waals surface area contributed by atoms with E-state index < -0.39 is 0 Å². The molecule has 1 aliphatic heterocycles. The fourth-order valence-corrected chi connectivity index (χ4v) is 1.62. The van der Waals surface area contributed by atoms with Crippen LogP contribution in [-0.2, 0) is 4.74 Å². The molecule has 0 bridgehead atoms. The lowest BCUT2D eigenvalue weighted by Gasteiger charge is -2.11. The van der Waals surface area contributed by atoms with Crippen LogP contribution in [-0.4, -0.2) is 24.4 Å². The van der Waals surface area contributed by atoms with E-state index in [-0.39, 0.29) is 0 Å². The molecule has 14 heavy (non-hydrogen) atoms. The predicted octanol–water partition coefficient (Wildman–Crippen LogP) is 1.98. The van der Waals surface area contributed by atoms with Crippen molar-refractivity contribution in [3.8, 4) is 5.75 Å². The normalized spacial score (nSPS) is 21.0. The summed E-state index contributed by atoms with van der Waals surface area (Å²) >= 11 is 0. The average Bonchev–Trinajstić information content (AvgIpc) is 2.70. The number of hydrogen-bond donors (Lipinski definition) is 2. The van der Waals surface area contributed by atoms with Crippen molar-refractivity contribution in [3.05, 3.63) is 24.3 Å². The van der Waals surface area contributed by atoms with Gasteiger partial charge in [0.25, 0.3) is 0 Å². The molecular formula is C11H15NO2. The zero-order valence-electron chi connectivity index (χ0n) is 8.07. The summed E-state index contributed by atoms with van der Waals surface area (Å²) in [4.78, 5) is 0. The van der Waals surface area contributed by atoms with Crippen LogP contribution in [0, 0.1) is 0 Å². The number of anilines is 1. The third-order valence-electron chi connectivity index (χ3n) is 2.43. The highest BCUT2D eigenvalue weighted by molar-refractivity contribution is 5.45. The Morgan fingerprint density at radius 3 is 2.79 bits per heavy atom. The summed E-state index contributed by atoms with van der Waals surface area (Å²) in [6, 6.07) is 7.09. The van der Waals surface area contributed by atoms with Crippen molar-refractivity contribution >= 4 is 5.69 Å². The maximum atomic E-state index is 9.08. The molecule has 1 fully saturated rings. The number of benzene rings is 1. The molecule has 1 aliphatic rings. The molecule has 1 atom stereocenters. The number of phenolic OH excluding ortho intramolecular Hbond substituents is 1. The molecular weight excluding hydrogens is 178 g/mol. The van der Waals surface area contributed by atoms with E-state index in [1.165, 1.54) is 6.42 Å². The van der Waals surface area contributed by atoms with Crippen molar-refractivity contribution in [1.82, 2.24) is 0 Å². The van der Waals surface area contributed by atoms with Crippen molar-refractivity contribution in [2.75, 3.05) is 18.5 Å². The topological polar surface area (TPSA) is 41.5 Å². The van der Waals surface area contributed by atoms with Crippen LogP contribution in [0.15, 0.2) is 24.3 Å². The lowest BCUT2D eigenvalue weighted by Crippen LogP contribution is -2.18. The number of nitrogens with one attached hydrogen (secondary N) is 1. The van der Waals surface area contributed by atoms with Gasteiger partial charge in [-0.3, -0.25) is 0 Å². The van der Waals surface area contributed by atoms with Gasteiger partial charge in [-0.15, -0.1) is 0 Å². The average molecular weight is 193 g/mol. The van der Waals surface area contributed by atoms with Gasteiger partial charge in [-0.25, -0.2) is 0 Å². The molecule has 0 saturated carbocycles. The first-order valence-corrected chi connectivity index (χ1v) is 4.99. The molecule has 1 heterocycles. The molecule has 0 aromatic heterocycles. The quantitative estimate of drug-likeness (QED) is 0.721. The van der Waals surface area contributed by atoms with Crippen LogP contribution in [0.3, 0.4) is 0 Å². The fraction of sp³-hybridized carbons (Fsp3) is 0.455. The van der Waals surface area contributed by atoms with Gasteiger partial charge in [-0.05, 0) is 37.1 Å². The van der Waals surface area contributed by atoms with E-state index in [2.05, 4.69) is 5.32 Å². The molecule has 76 valence electrons. The molecule has 0 amide bonds. The Hall–Kier alpha value is -1.22. The van der Waals surface area contributed by atoms with Crippen molar-refractivity contribution in [3.63, 3.8) is 0 Å². The lowest BCUT2D eigenvalue weighted by atomic mass is 10.2. The highest BCUT2D eigenvalue weighted by atomic mass is 16.5. The number of rotatable bonds is 3. The second-order valence-corrected chi connectivity index (χ2v) is 3.56. The Kier molecular flexibility index (Phi) is 2.89. The van der Waals surface area contributed by atoms with E-state index in [1.807, 2.05) is 12.1 Å². The molecule has 1 saturated heterocycles. The molecule has 3 heteroatoms. The van der Waals surface area contributed by atoms with E-state index in [4.69, 9.17) is 9.84 Å². The highest BCUT2D eigenvalue weighted by Crippen LogP contribution is 2.16. The standard InChI is InChI=1S/C11H15NO2/c13-10-5-3-9(4-6-10)12-8-11-2-1-7-14-11/h3-6,11-13H,1-2,7-8H2. The van der Waals surface area contributed by atoms with Crippen molar-refractivity contribution in [1.29, 1.82) is 0 Å². The first kappa shape index (κ1) is 9.34. The maximum Gasteiger partial charge on any atom is 0.115 e. The Morgan fingerprint density at radius 2 is 2.14 bits per heavy atom. The second kappa shape index (κ2) is 4.33. The van der Waals surface area contributed by atoms with Crippen LogP contribution in [0.5, 0.6) is 5.75 Å². The van der Waals surface area contributed by atoms with Crippen molar-refractivity contribution in [2.24, 2.45) is 0 Å². The van der Waals surface area contributed by atoms with Crippen molar-refractivity contribution in [2.45, 2.75) is 18.9 Å². The Balaban J connectivity index is 1.82. The first-order valence-electron chi connectivity index (χ1n) is 4.99. The zero-order valence-corrected chi connectivity index (χ0v) is 8.07. The smallest absolute Gasteiger partial charge is 0.115 e. The summed E-state index contributed by atoms with van der Waals surface area (Å²) in [5.41, 5.74) is 1.03. The van der Waals surface area contributed by atoms with Gasteiger partial charge in [0.2, 0.25) is 0 Å². The van der Waals surface area contributed by atoms with Gasteiger partial charge in [-0.2, -0.15) is 0 Å². The van der Waals surface area contributed by atoms with Gasteiger partial charge in [0, 0.05) is 18.8 Å². The summed E-state index contributed by atoms with van der Waals surface area (Å²) in [6.45, 7) is 1.74. The summed E-state index contributed by atoms with van der Waals surface area (Å²) in [6.07, 6.45) is 2.66. The molecule has 1 aromatic rings. The van der Waals surface area contributed by atoms with Crippen LogP contribution >= 0.6 is 0 Å². The molecule has 0 spiro atoms. The van der Waals surface area contributed by atoms with Gasteiger partial charge < -0.3 is 15.2 Å². The Labute approximate surface area is 83.7 Å². The van der Waals surface area contributed by atoms with E-state index >= 15 is 0 Å². The van der Waals surface area contributed by atoms with E-state index in [0.717, 1.165) is 25.3 Å². The molecule has 1 aromatic carbocycles. The molecule has 3 nitrogen and oxygen atoms in total. The number of ether oxygens (including phenoxy) is 1. The first-order chi connectivity index (χ1) is 6.84. The van der Waals surface area contributed by atoms with Crippen molar-refractivity contribution < 1.29 is 9.84 Å². The fourth-order valence-electron chi connectivity index (χ4n) is 1.62. The Bertz CT molecular complexity index is 278. The monoisotopic (exact) mass is 193 g/mol. The van der Waals surface area contributed by atoms with Gasteiger partial charge in [0.15, 0.2) is 0 Å². The van der Waals surface area contributed by atoms with Gasteiger partial charge in [0.1, 0.15) is 5.75 Å². The number of aromatic hydroxyl groups is 1. The van der Waals surface area contributed by atoms with Crippen LogP contribution in [0.25, 0.3) is 0 Å². The molecule has 0 aliphatic carbocycles. The van der Waals surface area contributed by atoms with E-state index in [1.54, 1.807) is 12.1 Å². The minimum absolute atomic E-state index is 0.299. The minimum atomic E-state index is 0.299. The molecule has 2 N–H and O–H groups in total. The summed E-state index contributed by atoms with van der Waals surface area (Å²) < 4.78 is 5.49. The summed E-state index contributed by atoms with van der Waals surface area (Å²) in [7, 11) is 0. The zero-order chi connectivity index (χ0) is 9.80. The second-order valence-electron chi connectivity index (χ2n) is 3.56.